The van der Waals surface area contributed by atoms with Gasteiger partial charge < -0.3 is 5.11 Å². The third-order valence-corrected chi connectivity index (χ3v) is 3.53. The molecule has 0 fully saturated rings. The van der Waals surface area contributed by atoms with Crippen molar-refractivity contribution < 1.29 is 5.11 Å². The topological polar surface area (TPSA) is 38.0 Å². The van der Waals surface area contributed by atoms with E-state index in [0.29, 0.717) is 12.0 Å². The lowest BCUT2D eigenvalue weighted by molar-refractivity contribution is 0.0935. The van der Waals surface area contributed by atoms with Gasteiger partial charge in [-0.3, -0.25) is 4.68 Å². The lowest BCUT2D eigenvalue weighted by Gasteiger charge is -2.30. The van der Waals surface area contributed by atoms with Crippen molar-refractivity contribution in [1.29, 1.82) is 0 Å². The van der Waals surface area contributed by atoms with E-state index in [4.69, 9.17) is 0 Å². The van der Waals surface area contributed by atoms with Gasteiger partial charge in [-0.05, 0) is 37.7 Å². The molecule has 0 radical (unpaired) electrons. The summed E-state index contributed by atoms with van der Waals surface area (Å²) in [6.07, 6.45) is 2.85. The smallest absolute Gasteiger partial charge is 0.0631 e. The first kappa shape index (κ1) is 13.2. The lowest BCUT2D eigenvalue weighted by Crippen LogP contribution is -2.30. The second-order valence-electron chi connectivity index (χ2n) is 5.52. The normalized spacial score (nSPS) is 15.8. The van der Waals surface area contributed by atoms with Crippen molar-refractivity contribution in [2.75, 3.05) is 6.61 Å². The lowest BCUT2D eigenvalue weighted by atomic mass is 9.76. The van der Waals surface area contributed by atoms with Crippen LogP contribution in [0.4, 0.5) is 0 Å². The van der Waals surface area contributed by atoms with Gasteiger partial charge in [0.2, 0.25) is 0 Å². The maximum atomic E-state index is 9.50. The van der Waals surface area contributed by atoms with Gasteiger partial charge in [0.15, 0.2) is 0 Å². The Morgan fingerprint density at radius 3 is 2.38 bits per heavy atom. The Morgan fingerprint density at radius 2 is 2.00 bits per heavy atom. The predicted octanol–water partition coefficient (Wildman–Crippen LogP) is 2.66. The average Bonchev–Trinajstić information content (AvgIpc) is 2.65. The highest BCUT2D eigenvalue weighted by molar-refractivity contribution is 5.03. The molecular formula is C13H24N2O. The molecule has 1 atom stereocenters. The molecule has 1 heterocycles. The van der Waals surface area contributed by atoms with E-state index in [9.17, 15) is 5.11 Å². The highest BCUT2D eigenvalue weighted by Gasteiger charge is 2.28. The first-order valence-corrected chi connectivity index (χ1v) is 6.04. The van der Waals surface area contributed by atoms with Crippen LogP contribution in [0.5, 0.6) is 0 Å². The molecule has 0 saturated carbocycles. The summed E-state index contributed by atoms with van der Waals surface area (Å²) in [4.78, 5) is 0. The number of rotatable bonds is 5. The van der Waals surface area contributed by atoms with Gasteiger partial charge in [-0.25, -0.2) is 0 Å². The molecule has 1 N–H and O–H groups in total. The van der Waals surface area contributed by atoms with Crippen LogP contribution in [-0.4, -0.2) is 21.5 Å². The van der Waals surface area contributed by atoms with Crippen LogP contribution in [-0.2, 0) is 6.42 Å². The van der Waals surface area contributed by atoms with Gasteiger partial charge in [-0.1, -0.05) is 20.8 Å². The minimum absolute atomic E-state index is 0.0733. The molecule has 92 valence electrons. The minimum Gasteiger partial charge on any atom is -0.396 e. The maximum Gasteiger partial charge on any atom is 0.0631 e. The Morgan fingerprint density at radius 1 is 1.38 bits per heavy atom. The number of hydrogen-bond donors (Lipinski definition) is 1. The second kappa shape index (κ2) is 5.00. The number of hydrogen-bond acceptors (Lipinski definition) is 2. The molecule has 3 heteroatoms. The van der Waals surface area contributed by atoms with Crippen LogP contribution >= 0.6 is 0 Å². The van der Waals surface area contributed by atoms with Gasteiger partial charge in [0, 0.05) is 18.8 Å². The molecule has 0 saturated heterocycles. The fraction of sp³-hybridized carbons (Fsp3) is 0.769. The monoisotopic (exact) mass is 224 g/mol. The van der Waals surface area contributed by atoms with E-state index in [2.05, 4.69) is 45.8 Å². The molecule has 0 aromatic carbocycles. The quantitative estimate of drug-likeness (QED) is 0.835. The molecule has 0 amide bonds. The molecule has 0 aliphatic heterocycles. The van der Waals surface area contributed by atoms with Gasteiger partial charge in [0.1, 0.15) is 0 Å². The number of aromatic nitrogens is 2. The standard InChI is InChI=1S/C13H24N2O/c1-10(2)13(5,9-16)8-12-6-7-15(14-12)11(3)4/h6-7,10-11,16H,8-9H2,1-5H3. The average molecular weight is 224 g/mol. The van der Waals surface area contributed by atoms with Crippen molar-refractivity contribution in [3.63, 3.8) is 0 Å². The van der Waals surface area contributed by atoms with Gasteiger partial charge in [-0.2, -0.15) is 5.10 Å². The molecule has 1 rings (SSSR count). The van der Waals surface area contributed by atoms with Crippen molar-refractivity contribution in [3.05, 3.63) is 18.0 Å². The van der Waals surface area contributed by atoms with Gasteiger partial charge in [0.25, 0.3) is 0 Å². The molecule has 1 aromatic heterocycles. The first-order chi connectivity index (χ1) is 7.39. The third kappa shape index (κ3) is 2.85. The Kier molecular flexibility index (Phi) is 4.14. The minimum atomic E-state index is -0.0733. The first-order valence-electron chi connectivity index (χ1n) is 6.04. The van der Waals surface area contributed by atoms with Crippen LogP contribution in [0, 0.1) is 11.3 Å². The van der Waals surface area contributed by atoms with E-state index in [0.717, 1.165) is 12.1 Å². The number of aliphatic hydroxyl groups excluding tert-OH is 1. The Balaban J connectivity index is 2.78. The van der Waals surface area contributed by atoms with Crippen molar-refractivity contribution in [1.82, 2.24) is 9.78 Å². The summed E-state index contributed by atoms with van der Waals surface area (Å²) >= 11 is 0. The van der Waals surface area contributed by atoms with Crippen LogP contribution in [0.3, 0.4) is 0 Å². The molecule has 0 spiro atoms. The van der Waals surface area contributed by atoms with E-state index in [1.165, 1.54) is 0 Å². The second-order valence-corrected chi connectivity index (χ2v) is 5.52. The molecule has 16 heavy (non-hydrogen) atoms. The third-order valence-electron chi connectivity index (χ3n) is 3.53. The molecule has 1 aromatic rings. The number of aliphatic hydroxyl groups is 1. The zero-order valence-corrected chi connectivity index (χ0v) is 11.1. The van der Waals surface area contributed by atoms with Crippen LogP contribution < -0.4 is 0 Å². The summed E-state index contributed by atoms with van der Waals surface area (Å²) in [5.41, 5.74) is 0.995. The molecule has 0 aliphatic carbocycles. The van der Waals surface area contributed by atoms with Crippen molar-refractivity contribution >= 4 is 0 Å². The Hall–Kier alpha value is -0.830. The van der Waals surface area contributed by atoms with E-state index < -0.39 is 0 Å². The van der Waals surface area contributed by atoms with E-state index >= 15 is 0 Å². The molecule has 3 nitrogen and oxygen atoms in total. The molecule has 0 aliphatic rings. The molecule has 1 unspecified atom stereocenters. The van der Waals surface area contributed by atoms with Crippen LogP contribution in [0.1, 0.15) is 46.4 Å². The van der Waals surface area contributed by atoms with Crippen LogP contribution in [0.2, 0.25) is 0 Å². The van der Waals surface area contributed by atoms with Crippen molar-refractivity contribution in [2.45, 2.75) is 47.1 Å². The molecular weight excluding hydrogens is 200 g/mol. The summed E-state index contributed by atoms with van der Waals surface area (Å²) in [6.45, 7) is 10.9. The maximum absolute atomic E-state index is 9.50. The van der Waals surface area contributed by atoms with Gasteiger partial charge in [0.05, 0.1) is 5.69 Å². The summed E-state index contributed by atoms with van der Waals surface area (Å²) < 4.78 is 1.97. The van der Waals surface area contributed by atoms with Gasteiger partial charge >= 0.3 is 0 Å². The summed E-state index contributed by atoms with van der Waals surface area (Å²) in [5, 5.41) is 14.0. The summed E-state index contributed by atoms with van der Waals surface area (Å²) in [5.74, 6) is 0.446. The Labute approximate surface area is 98.5 Å². The van der Waals surface area contributed by atoms with Crippen molar-refractivity contribution in [3.8, 4) is 0 Å². The summed E-state index contributed by atoms with van der Waals surface area (Å²) in [7, 11) is 0. The fourth-order valence-electron chi connectivity index (χ4n) is 1.62. The van der Waals surface area contributed by atoms with E-state index in [1.54, 1.807) is 0 Å². The van der Waals surface area contributed by atoms with Gasteiger partial charge in [-0.15, -0.1) is 0 Å². The zero-order valence-electron chi connectivity index (χ0n) is 11.1. The zero-order chi connectivity index (χ0) is 12.3. The SMILES string of the molecule is CC(C)n1ccc(CC(C)(CO)C(C)C)n1. The van der Waals surface area contributed by atoms with Crippen LogP contribution in [0.15, 0.2) is 12.3 Å². The largest absolute Gasteiger partial charge is 0.396 e. The van der Waals surface area contributed by atoms with Crippen molar-refractivity contribution in [2.24, 2.45) is 11.3 Å². The van der Waals surface area contributed by atoms with E-state index in [1.807, 2.05) is 10.9 Å². The fourth-order valence-corrected chi connectivity index (χ4v) is 1.62. The summed E-state index contributed by atoms with van der Waals surface area (Å²) in [6, 6.07) is 2.45. The predicted molar refractivity (Wildman–Crippen MR) is 66.3 cm³/mol. The highest BCUT2D eigenvalue weighted by Crippen LogP contribution is 2.30. The highest BCUT2D eigenvalue weighted by atomic mass is 16.3. The number of nitrogens with zero attached hydrogens (tertiary/aromatic N) is 2. The molecule has 0 bridgehead atoms. The Bertz CT molecular complexity index is 330. The van der Waals surface area contributed by atoms with E-state index in [-0.39, 0.29) is 12.0 Å². The van der Waals surface area contributed by atoms with Crippen LogP contribution in [0.25, 0.3) is 0 Å².